The number of benzene rings is 1. The number of aromatic carboxylic acids is 1. The fraction of sp³-hybridized carbons (Fsp3) is 0.462. The molecule has 2 N–H and O–H groups in total. The number of ether oxygens (including phenoxy) is 2. The number of carbonyl (C=O) groups is 1. The molecule has 3 aromatic rings. The number of anilines is 2. The van der Waals surface area contributed by atoms with E-state index in [2.05, 4.69) is 5.10 Å². The molecule has 2 fully saturated rings. The highest BCUT2D eigenvalue weighted by molar-refractivity contribution is 5.97. The number of hydrogen-bond donors (Lipinski definition) is 2. The number of piperazine rings is 1. The topological polar surface area (TPSA) is 146 Å². The van der Waals surface area contributed by atoms with Crippen LogP contribution in [0, 0.1) is 5.82 Å². The second-order valence-electron chi connectivity index (χ2n) is 10.2. The average Bonchev–Trinajstić information content (AvgIpc) is 2.97. The normalized spacial score (nSPS) is 18.5. The Morgan fingerprint density at radius 2 is 1.80 bits per heavy atom. The standard InChI is InChI=1S/C26H30FN7O7/c1-29-15-41-25-22-16(24(37)17(26(38)39)13-34(22)29)12-18(27)23(25)32-6-4-30(5-7-32)19-2-3-20(35)33(28-19)14-21(36)31-8-10-40-11-9-31/h2-3,12-13,21,36H,4-11,14-15H2,1H3,(H,38,39). The Hall–Kier alpha value is -4.21. The number of rotatable bonds is 6. The van der Waals surface area contributed by atoms with E-state index in [0.717, 1.165) is 6.07 Å². The number of morpholine rings is 1. The number of aromatic nitrogens is 3. The summed E-state index contributed by atoms with van der Waals surface area (Å²) in [6, 6.07) is 4.13. The van der Waals surface area contributed by atoms with E-state index in [1.54, 1.807) is 18.1 Å². The van der Waals surface area contributed by atoms with Gasteiger partial charge in [-0.05, 0) is 12.1 Å². The van der Waals surface area contributed by atoms with Crippen LogP contribution in [-0.4, -0.2) is 108 Å². The lowest BCUT2D eigenvalue weighted by Gasteiger charge is -2.39. The van der Waals surface area contributed by atoms with Gasteiger partial charge in [-0.3, -0.25) is 24.2 Å². The van der Waals surface area contributed by atoms with Crippen molar-refractivity contribution in [1.82, 2.24) is 19.4 Å². The number of pyridine rings is 1. The maximum absolute atomic E-state index is 15.6. The van der Waals surface area contributed by atoms with Crippen LogP contribution in [0.25, 0.3) is 10.9 Å². The maximum Gasteiger partial charge on any atom is 0.341 e. The molecule has 14 nitrogen and oxygen atoms in total. The molecule has 15 heteroatoms. The zero-order valence-corrected chi connectivity index (χ0v) is 22.4. The minimum absolute atomic E-state index is 0.0232. The summed E-state index contributed by atoms with van der Waals surface area (Å²) >= 11 is 0. The van der Waals surface area contributed by atoms with Gasteiger partial charge >= 0.3 is 5.97 Å². The zero-order valence-electron chi connectivity index (χ0n) is 22.4. The molecule has 3 aliphatic rings. The number of halogens is 1. The molecular formula is C26H30FN7O7. The number of carboxylic acid groups (broad SMARTS) is 1. The van der Waals surface area contributed by atoms with Crippen LogP contribution in [0.3, 0.4) is 0 Å². The van der Waals surface area contributed by atoms with Crippen molar-refractivity contribution in [3.63, 3.8) is 0 Å². The summed E-state index contributed by atoms with van der Waals surface area (Å²) < 4.78 is 29.6. The highest BCUT2D eigenvalue weighted by Crippen LogP contribution is 2.40. The summed E-state index contributed by atoms with van der Waals surface area (Å²) in [4.78, 5) is 42.6. The lowest BCUT2D eigenvalue weighted by Crippen LogP contribution is -2.49. The van der Waals surface area contributed by atoms with E-state index in [1.807, 2.05) is 14.7 Å². The van der Waals surface area contributed by atoms with Crippen LogP contribution in [-0.2, 0) is 11.3 Å². The average molecular weight is 572 g/mol. The smallest absolute Gasteiger partial charge is 0.341 e. The fourth-order valence-electron chi connectivity index (χ4n) is 5.51. The van der Waals surface area contributed by atoms with Gasteiger partial charge in [0.05, 0.1) is 25.1 Å². The van der Waals surface area contributed by atoms with Gasteiger partial charge in [0.15, 0.2) is 18.3 Å². The molecule has 0 radical (unpaired) electrons. The van der Waals surface area contributed by atoms with Crippen molar-refractivity contribution in [2.45, 2.75) is 12.8 Å². The third kappa shape index (κ3) is 4.85. The predicted octanol–water partition coefficient (Wildman–Crippen LogP) is -0.710. The molecule has 2 aromatic heterocycles. The van der Waals surface area contributed by atoms with Gasteiger partial charge < -0.3 is 29.5 Å². The molecule has 0 spiro atoms. The van der Waals surface area contributed by atoms with Crippen LogP contribution < -0.4 is 30.5 Å². The molecule has 0 aliphatic carbocycles. The molecule has 2 saturated heterocycles. The molecule has 1 aromatic carbocycles. The van der Waals surface area contributed by atoms with Crippen molar-refractivity contribution < 1.29 is 28.9 Å². The molecule has 218 valence electrons. The molecule has 5 heterocycles. The van der Waals surface area contributed by atoms with Crippen LogP contribution in [0.4, 0.5) is 15.9 Å². The highest BCUT2D eigenvalue weighted by Gasteiger charge is 2.31. The number of nitrogens with zero attached hydrogens (tertiary/aromatic N) is 7. The van der Waals surface area contributed by atoms with Crippen LogP contribution in [0.2, 0.25) is 0 Å². The summed E-state index contributed by atoms with van der Waals surface area (Å²) in [7, 11) is 1.67. The Labute approximate surface area is 232 Å². The van der Waals surface area contributed by atoms with Crippen LogP contribution >= 0.6 is 0 Å². The van der Waals surface area contributed by atoms with Gasteiger partial charge in [0, 0.05) is 58.6 Å². The predicted molar refractivity (Wildman–Crippen MR) is 146 cm³/mol. The van der Waals surface area contributed by atoms with E-state index in [4.69, 9.17) is 9.47 Å². The summed E-state index contributed by atoms with van der Waals surface area (Å²) in [5, 5.41) is 26.1. The van der Waals surface area contributed by atoms with Gasteiger partial charge in [-0.2, -0.15) is 5.10 Å². The van der Waals surface area contributed by atoms with E-state index in [-0.39, 0.29) is 35.7 Å². The van der Waals surface area contributed by atoms with Crippen molar-refractivity contribution in [3.05, 3.63) is 56.4 Å². The first-order chi connectivity index (χ1) is 19.7. The zero-order chi connectivity index (χ0) is 28.8. The SMILES string of the molecule is CN1COc2c(N3CCN(c4ccc(=O)n(CC(O)N5CCOCC5)n4)CC3)c(F)cc3c(=O)c(C(=O)O)cn1c23. The van der Waals surface area contributed by atoms with Gasteiger partial charge in [0.1, 0.15) is 28.8 Å². The second-order valence-corrected chi connectivity index (χ2v) is 10.2. The van der Waals surface area contributed by atoms with Crippen molar-refractivity contribution in [3.8, 4) is 5.75 Å². The first kappa shape index (κ1) is 27.0. The van der Waals surface area contributed by atoms with Crippen LogP contribution in [0.1, 0.15) is 10.4 Å². The number of carboxylic acids is 1. The Balaban J connectivity index is 1.24. The molecule has 1 atom stereocenters. The number of aliphatic hydroxyl groups is 1. The van der Waals surface area contributed by atoms with Crippen molar-refractivity contribution in [1.29, 1.82) is 0 Å². The van der Waals surface area contributed by atoms with E-state index in [0.29, 0.717) is 63.8 Å². The minimum Gasteiger partial charge on any atom is -0.477 e. The second kappa shape index (κ2) is 10.6. The largest absolute Gasteiger partial charge is 0.477 e. The molecule has 41 heavy (non-hydrogen) atoms. The lowest BCUT2D eigenvalue weighted by molar-refractivity contribution is -0.0669. The quantitative estimate of drug-likeness (QED) is 0.386. The van der Waals surface area contributed by atoms with Gasteiger partial charge in [0.2, 0.25) is 5.43 Å². The molecule has 0 amide bonds. The summed E-state index contributed by atoms with van der Waals surface area (Å²) in [5.74, 6) is -1.32. The van der Waals surface area contributed by atoms with Gasteiger partial charge in [0.25, 0.3) is 5.56 Å². The molecule has 0 saturated carbocycles. The van der Waals surface area contributed by atoms with E-state index >= 15 is 4.39 Å². The first-order valence-corrected chi connectivity index (χ1v) is 13.3. The Morgan fingerprint density at radius 1 is 1.10 bits per heavy atom. The van der Waals surface area contributed by atoms with E-state index in [9.17, 15) is 24.6 Å². The van der Waals surface area contributed by atoms with E-state index in [1.165, 1.54) is 21.6 Å². The minimum atomic E-state index is -1.39. The van der Waals surface area contributed by atoms with Crippen LogP contribution in [0.15, 0.2) is 34.0 Å². The third-order valence-corrected chi connectivity index (χ3v) is 7.72. The third-order valence-electron chi connectivity index (χ3n) is 7.72. The first-order valence-electron chi connectivity index (χ1n) is 13.3. The van der Waals surface area contributed by atoms with Crippen molar-refractivity contribution >= 4 is 28.4 Å². The fourth-order valence-corrected chi connectivity index (χ4v) is 5.51. The molecule has 6 rings (SSSR count). The van der Waals surface area contributed by atoms with Gasteiger partial charge in [-0.15, -0.1) is 0 Å². The lowest BCUT2D eigenvalue weighted by atomic mass is 10.1. The molecular weight excluding hydrogens is 541 g/mol. The van der Waals surface area contributed by atoms with Gasteiger partial charge in [-0.25, -0.2) is 13.9 Å². The Bertz CT molecular complexity index is 1610. The Morgan fingerprint density at radius 3 is 2.51 bits per heavy atom. The number of aliphatic hydroxyl groups excluding tert-OH is 1. The monoisotopic (exact) mass is 571 g/mol. The van der Waals surface area contributed by atoms with Crippen molar-refractivity contribution in [2.75, 3.05) is 81.1 Å². The Kier molecular flexibility index (Phi) is 7.01. The molecule has 3 aliphatic heterocycles. The number of hydrogen-bond acceptors (Lipinski definition) is 11. The maximum atomic E-state index is 15.6. The van der Waals surface area contributed by atoms with Gasteiger partial charge in [-0.1, -0.05) is 0 Å². The van der Waals surface area contributed by atoms with E-state index < -0.39 is 29.0 Å². The van der Waals surface area contributed by atoms with Crippen molar-refractivity contribution in [2.24, 2.45) is 0 Å². The van der Waals surface area contributed by atoms with Crippen LogP contribution in [0.5, 0.6) is 5.75 Å². The molecule has 1 unspecified atom stereocenters. The summed E-state index contributed by atoms with van der Waals surface area (Å²) in [6.07, 6.45) is 0.363. The molecule has 0 bridgehead atoms. The summed E-state index contributed by atoms with van der Waals surface area (Å²) in [6.45, 7) is 3.93. The highest BCUT2D eigenvalue weighted by atomic mass is 19.1. The summed E-state index contributed by atoms with van der Waals surface area (Å²) in [5.41, 5.74) is -1.05.